The van der Waals surface area contributed by atoms with E-state index in [4.69, 9.17) is 14.2 Å². The van der Waals surface area contributed by atoms with Crippen molar-refractivity contribution in [3.8, 4) is 11.5 Å². The lowest BCUT2D eigenvalue weighted by Gasteiger charge is -2.19. The van der Waals surface area contributed by atoms with E-state index in [1.54, 1.807) is 14.2 Å². The molecule has 1 aromatic carbocycles. The molecule has 0 bridgehead atoms. The number of aliphatic hydroxyl groups is 1. The predicted molar refractivity (Wildman–Crippen MR) is 89.2 cm³/mol. The second-order valence-corrected chi connectivity index (χ2v) is 5.90. The van der Waals surface area contributed by atoms with Crippen LogP contribution in [0, 0.1) is 5.92 Å². The Labute approximate surface area is 142 Å². The van der Waals surface area contributed by atoms with Crippen LogP contribution < -0.4 is 14.8 Å². The van der Waals surface area contributed by atoms with Crippen LogP contribution in [-0.4, -0.2) is 69.6 Å². The van der Waals surface area contributed by atoms with Gasteiger partial charge >= 0.3 is 0 Å². The van der Waals surface area contributed by atoms with Gasteiger partial charge in [-0.05, 0) is 6.07 Å². The Morgan fingerprint density at radius 2 is 2.08 bits per heavy atom. The van der Waals surface area contributed by atoms with Gasteiger partial charge in [-0.3, -0.25) is 9.69 Å². The first kappa shape index (κ1) is 18.5. The number of ether oxygens (including phenoxy) is 3. The molecule has 7 nitrogen and oxygen atoms in total. The fraction of sp³-hybridized carbons (Fsp3) is 0.588. The molecule has 0 radical (unpaired) electrons. The summed E-state index contributed by atoms with van der Waals surface area (Å²) in [6.07, 6.45) is 0. The first-order valence-corrected chi connectivity index (χ1v) is 7.94. The molecule has 0 spiro atoms. The van der Waals surface area contributed by atoms with Gasteiger partial charge in [-0.1, -0.05) is 12.1 Å². The van der Waals surface area contributed by atoms with E-state index in [0.717, 1.165) is 5.56 Å². The zero-order chi connectivity index (χ0) is 17.5. The highest BCUT2D eigenvalue weighted by Gasteiger charge is 2.33. The SMILES string of the molecule is COCC(=O)NC1CN(Cc2cccc(OC)c2OC)CC1CO. The molecule has 1 saturated heterocycles. The monoisotopic (exact) mass is 338 g/mol. The topological polar surface area (TPSA) is 80.3 Å². The van der Waals surface area contributed by atoms with Crippen molar-refractivity contribution in [2.45, 2.75) is 12.6 Å². The molecule has 1 heterocycles. The van der Waals surface area contributed by atoms with Crippen molar-refractivity contribution in [1.82, 2.24) is 10.2 Å². The maximum absolute atomic E-state index is 11.7. The number of methoxy groups -OCH3 is 3. The van der Waals surface area contributed by atoms with Gasteiger partial charge in [0.15, 0.2) is 11.5 Å². The molecule has 2 rings (SSSR count). The number of hydrogen-bond donors (Lipinski definition) is 2. The molecule has 1 amide bonds. The van der Waals surface area contributed by atoms with Gasteiger partial charge in [0.1, 0.15) is 6.61 Å². The number of nitrogens with one attached hydrogen (secondary N) is 1. The minimum absolute atomic E-state index is 0.00223. The van der Waals surface area contributed by atoms with Crippen molar-refractivity contribution in [1.29, 1.82) is 0 Å². The summed E-state index contributed by atoms with van der Waals surface area (Å²) in [6.45, 7) is 2.09. The molecule has 1 aliphatic heterocycles. The van der Waals surface area contributed by atoms with Crippen molar-refractivity contribution in [3.63, 3.8) is 0 Å². The first-order valence-electron chi connectivity index (χ1n) is 7.94. The molecule has 2 unspecified atom stereocenters. The number of rotatable bonds is 8. The van der Waals surface area contributed by atoms with Gasteiger partial charge in [0.25, 0.3) is 0 Å². The number of aliphatic hydroxyl groups excluding tert-OH is 1. The Hall–Kier alpha value is -1.83. The summed E-state index contributed by atoms with van der Waals surface area (Å²) in [5.41, 5.74) is 1.01. The highest BCUT2D eigenvalue weighted by atomic mass is 16.5. The molecule has 134 valence electrons. The Morgan fingerprint density at radius 3 is 2.71 bits per heavy atom. The van der Waals surface area contributed by atoms with Crippen LogP contribution in [0.2, 0.25) is 0 Å². The number of benzene rings is 1. The smallest absolute Gasteiger partial charge is 0.246 e. The number of amides is 1. The van der Waals surface area contributed by atoms with E-state index >= 15 is 0 Å². The fourth-order valence-corrected chi connectivity index (χ4v) is 3.14. The van der Waals surface area contributed by atoms with Crippen LogP contribution in [0.25, 0.3) is 0 Å². The van der Waals surface area contributed by atoms with Crippen LogP contribution in [0.3, 0.4) is 0 Å². The van der Waals surface area contributed by atoms with Gasteiger partial charge < -0.3 is 24.6 Å². The molecule has 0 aliphatic carbocycles. The first-order chi connectivity index (χ1) is 11.6. The highest BCUT2D eigenvalue weighted by Crippen LogP contribution is 2.32. The number of carbonyl (C=O) groups is 1. The Kier molecular flexibility index (Phi) is 6.84. The largest absolute Gasteiger partial charge is 0.493 e. The van der Waals surface area contributed by atoms with Crippen LogP contribution in [0.4, 0.5) is 0 Å². The summed E-state index contributed by atoms with van der Waals surface area (Å²) in [4.78, 5) is 13.9. The van der Waals surface area contributed by atoms with Crippen molar-refractivity contribution in [3.05, 3.63) is 23.8 Å². The number of likely N-dealkylation sites (tertiary alicyclic amines) is 1. The number of hydrogen-bond acceptors (Lipinski definition) is 6. The molecular weight excluding hydrogens is 312 g/mol. The van der Waals surface area contributed by atoms with Crippen LogP contribution >= 0.6 is 0 Å². The molecular formula is C17H26N2O5. The number of nitrogens with zero attached hydrogens (tertiary/aromatic N) is 1. The summed E-state index contributed by atoms with van der Waals surface area (Å²) < 4.78 is 15.6. The van der Waals surface area contributed by atoms with Gasteiger partial charge in [0.05, 0.1) is 14.2 Å². The third-order valence-corrected chi connectivity index (χ3v) is 4.25. The average molecular weight is 338 g/mol. The number of para-hydroxylation sites is 1. The Bertz CT molecular complexity index is 552. The van der Waals surface area contributed by atoms with E-state index in [1.807, 2.05) is 18.2 Å². The van der Waals surface area contributed by atoms with E-state index in [9.17, 15) is 9.90 Å². The number of carbonyl (C=O) groups excluding carboxylic acids is 1. The van der Waals surface area contributed by atoms with Crippen LogP contribution in [-0.2, 0) is 16.1 Å². The van der Waals surface area contributed by atoms with E-state index in [1.165, 1.54) is 7.11 Å². The maximum Gasteiger partial charge on any atom is 0.246 e. The van der Waals surface area contributed by atoms with Gasteiger partial charge in [0, 0.05) is 50.9 Å². The predicted octanol–water partition coefficient (Wildman–Crippen LogP) is 0.259. The Balaban J connectivity index is 2.05. The van der Waals surface area contributed by atoms with Crippen LogP contribution in [0.15, 0.2) is 18.2 Å². The van der Waals surface area contributed by atoms with Gasteiger partial charge in [0.2, 0.25) is 5.91 Å². The minimum atomic E-state index is -0.165. The van der Waals surface area contributed by atoms with Crippen molar-refractivity contribution < 1.29 is 24.1 Å². The van der Waals surface area contributed by atoms with Gasteiger partial charge in [-0.15, -0.1) is 0 Å². The standard InChI is InChI=1S/C17H26N2O5/c1-22-11-16(21)18-14-9-19(8-13(14)10-20)7-12-5-4-6-15(23-2)17(12)24-3/h4-6,13-14,20H,7-11H2,1-3H3,(H,18,21). The molecule has 1 aliphatic rings. The van der Waals surface area contributed by atoms with E-state index in [-0.39, 0.29) is 31.1 Å². The molecule has 0 saturated carbocycles. The lowest BCUT2D eigenvalue weighted by atomic mass is 10.1. The Morgan fingerprint density at radius 1 is 1.29 bits per heavy atom. The zero-order valence-electron chi connectivity index (χ0n) is 14.4. The second-order valence-electron chi connectivity index (χ2n) is 5.90. The lowest BCUT2D eigenvalue weighted by Crippen LogP contribution is -2.43. The van der Waals surface area contributed by atoms with Crippen molar-refractivity contribution >= 4 is 5.91 Å². The van der Waals surface area contributed by atoms with E-state index < -0.39 is 0 Å². The molecule has 2 N–H and O–H groups in total. The molecule has 2 atom stereocenters. The molecule has 1 aromatic rings. The fourth-order valence-electron chi connectivity index (χ4n) is 3.14. The van der Waals surface area contributed by atoms with E-state index in [0.29, 0.717) is 31.1 Å². The minimum Gasteiger partial charge on any atom is -0.493 e. The summed E-state index contributed by atoms with van der Waals surface area (Å²) in [5.74, 6) is 1.24. The summed E-state index contributed by atoms with van der Waals surface area (Å²) in [6, 6.07) is 5.69. The maximum atomic E-state index is 11.7. The quantitative estimate of drug-likeness (QED) is 0.708. The van der Waals surface area contributed by atoms with Gasteiger partial charge in [-0.25, -0.2) is 0 Å². The highest BCUT2D eigenvalue weighted by molar-refractivity contribution is 5.77. The van der Waals surface area contributed by atoms with Crippen LogP contribution in [0.1, 0.15) is 5.56 Å². The van der Waals surface area contributed by atoms with Crippen LogP contribution in [0.5, 0.6) is 11.5 Å². The van der Waals surface area contributed by atoms with Gasteiger partial charge in [-0.2, -0.15) is 0 Å². The lowest BCUT2D eigenvalue weighted by molar-refractivity contribution is -0.125. The summed E-state index contributed by atoms with van der Waals surface area (Å²) in [5, 5.41) is 12.5. The molecule has 7 heteroatoms. The summed E-state index contributed by atoms with van der Waals surface area (Å²) >= 11 is 0. The third kappa shape index (κ3) is 4.37. The average Bonchev–Trinajstić information content (AvgIpc) is 2.96. The normalized spacial score (nSPS) is 20.8. The molecule has 1 fully saturated rings. The zero-order valence-corrected chi connectivity index (χ0v) is 14.4. The second kappa shape index (κ2) is 8.86. The van der Waals surface area contributed by atoms with Crippen molar-refractivity contribution in [2.24, 2.45) is 5.92 Å². The summed E-state index contributed by atoms with van der Waals surface area (Å²) in [7, 11) is 4.72. The van der Waals surface area contributed by atoms with E-state index in [2.05, 4.69) is 10.2 Å². The third-order valence-electron chi connectivity index (χ3n) is 4.25. The molecule has 0 aromatic heterocycles. The molecule has 24 heavy (non-hydrogen) atoms. The van der Waals surface area contributed by atoms with Crippen molar-refractivity contribution in [2.75, 3.05) is 47.6 Å².